The van der Waals surface area contributed by atoms with E-state index in [1.165, 1.54) is 11.1 Å². The van der Waals surface area contributed by atoms with Crippen LogP contribution >= 0.6 is 0 Å². The summed E-state index contributed by atoms with van der Waals surface area (Å²) in [5.74, 6) is 2.12. The molecule has 2 aliphatic rings. The molecule has 1 heterocycles. The van der Waals surface area contributed by atoms with Crippen molar-refractivity contribution in [2.24, 2.45) is 5.41 Å². The van der Waals surface area contributed by atoms with Gasteiger partial charge in [0.25, 0.3) is 0 Å². The van der Waals surface area contributed by atoms with Crippen molar-refractivity contribution < 1.29 is 14.1 Å². The maximum Gasteiger partial charge on any atom is 0.222 e. The Labute approximate surface area is 153 Å². The van der Waals surface area contributed by atoms with Gasteiger partial charge < -0.3 is 9.15 Å². The highest BCUT2D eigenvalue weighted by molar-refractivity contribution is 5.95. The van der Waals surface area contributed by atoms with Crippen LogP contribution in [0.25, 0.3) is 16.5 Å². The number of hydrogen-bond acceptors (Lipinski definition) is 4. The lowest BCUT2D eigenvalue weighted by Crippen LogP contribution is -2.40. The van der Waals surface area contributed by atoms with Crippen molar-refractivity contribution in [3.05, 3.63) is 45.2 Å². The van der Waals surface area contributed by atoms with E-state index in [1.54, 1.807) is 7.11 Å². The molecule has 2 aromatic rings. The first-order chi connectivity index (χ1) is 12.3. The quantitative estimate of drug-likeness (QED) is 0.523. The number of ether oxygens (including phenoxy) is 1. The van der Waals surface area contributed by atoms with E-state index in [0.29, 0.717) is 12.3 Å². The number of nitrogens with zero attached hydrogens (tertiary/aromatic N) is 1. The minimum Gasteiger partial charge on any atom is -0.497 e. The molecule has 0 bridgehead atoms. The van der Waals surface area contributed by atoms with E-state index in [0.717, 1.165) is 47.3 Å². The van der Waals surface area contributed by atoms with Gasteiger partial charge in [-0.25, -0.2) is 0 Å². The zero-order chi connectivity index (χ0) is 18.6. The van der Waals surface area contributed by atoms with Gasteiger partial charge in [0.15, 0.2) is 0 Å². The molecule has 0 spiro atoms. The Balaban J connectivity index is 1.99. The molecule has 0 fully saturated rings. The molecule has 5 nitrogen and oxygen atoms in total. The summed E-state index contributed by atoms with van der Waals surface area (Å²) in [6.45, 7) is 6.26. The molecule has 2 aliphatic carbocycles. The van der Waals surface area contributed by atoms with Crippen molar-refractivity contribution in [3.63, 3.8) is 0 Å². The summed E-state index contributed by atoms with van der Waals surface area (Å²) in [6.07, 6.45) is 3.15. The standard InChI is InChI=1S/C21H25NO4/c1-12-5-8-16-14(7-10-18(22(23)24)21(16,2)3)19-15-11-13(25-4)6-9-17(15)26-20(12)19/h6,9,11-12,18H,5,7-8,10H2,1-4H3/t12-,18?/m1/s1. The number of hydrogen-bond donors (Lipinski definition) is 0. The Bertz CT molecular complexity index is 921. The number of methoxy groups -OCH3 is 1. The van der Waals surface area contributed by atoms with Crippen molar-refractivity contribution in [1.82, 2.24) is 0 Å². The lowest BCUT2D eigenvalue weighted by molar-refractivity contribution is -0.539. The van der Waals surface area contributed by atoms with E-state index in [9.17, 15) is 10.1 Å². The van der Waals surface area contributed by atoms with Gasteiger partial charge in [0.2, 0.25) is 6.04 Å². The van der Waals surface area contributed by atoms with Crippen LogP contribution in [0.1, 0.15) is 63.7 Å². The first kappa shape index (κ1) is 17.1. The molecule has 0 saturated heterocycles. The van der Waals surface area contributed by atoms with Crippen molar-refractivity contribution in [2.45, 2.75) is 58.4 Å². The van der Waals surface area contributed by atoms with Crippen LogP contribution < -0.4 is 4.74 Å². The van der Waals surface area contributed by atoms with Crippen molar-refractivity contribution >= 4 is 16.5 Å². The average molecular weight is 355 g/mol. The topological polar surface area (TPSA) is 65.5 Å². The van der Waals surface area contributed by atoms with Gasteiger partial charge in [0, 0.05) is 28.2 Å². The Morgan fingerprint density at radius 1 is 1.27 bits per heavy atom. The Morgan fingerprint density at radius 2 is 2.04 bits per heavy atom. The number of nitro groups is 1. The highest BCUT2D eigenvalue weighted by Crippen LogP contribution is 2.53. The van der Waals surface area contributed by atoms with Crippen LogP contribution in [0.3, 0.4) is 0 Å². The Kier molecular flexibility index (Phi) is 3.86. The number of benzene rings is 1. The van der Waals surface area contributed by atoms with Gasteiger partial charge in [-0.1, -0.05) is 12.5 Å². The second kappa shape index (κ2) is 5.86. The van der Waals surface area contributed by atoms with Gasteiger partial charge in [-0.15, -0.1) is 0 Å². The molecule has 1 unspecified atom stereocenters. The van der Waals surface area contributed by atoms with Gasteiger partial charge in [-0.05, 0) is 56.9 Å². The molecule has 2 atom stereocenters. The summed E-state index contributed by atoms with van der Waals surface area (Å²) in [4.78, 5) is 11.5. The molecule has 0 radical (unpaired) electrons. The summed E-state index contributed by atoms with van der Waals surface area (Å²) in [7, 11) is 1.67. The molecular formula is C21H25NO4. The second-order valence-corrected chi connectivity index (χ2v) is 8.16. The van der Waals surface area contributed by atoms with Crippen LogP contribution in [0.2, 0.25) is 0 Å². The summed E-state index contributed by atoms with van der Waals surface area (Å²) in [5.41, 5.74) is 4.08. The third-order valence-electron chi connectivity index (χ3n) is 6.40. The summed E-state index contributed by atoms with van der Waals surface area (Å²) in [6, 6.07) is 5.39. The lowest BCUT2D eigenvalue weighted by Gasteiger charge is -2.37. The van der Waals surface area contributed by atoms with E-state index < -0.39 is 11.5 Å². The summed E-state index contributed by atoms with van der Waals surface area (Å²) >= 11 is 0. The van der Waals surface area contributed by atoms with Gasteiger partial charge in [-0.3, -0.25) is 10.1 Å². The predicted molar refractivity (Wildman–Crippen MR) is 101 cm³/mol. The summed E-state index contributed by atoms with van der Waals surface area (Å²) < 4.78 is 11.7. The second-order valence-electron chi connectivity index (χ2n) is 8.16. The van der Waals surface area contributed by atoms with E-state index in [-0.39, 0.29) is 4.92 Å². The first-order valence-corrected chi connectivity index (χ1v) is 9.31. The fourth-order valence-electron chi connectivity index (χ4n) is 4.87. The molecule has 5 heteroatoms. The zero-order valence-electron chi connectivity index (χ0n) is 15.8. The molecule has 4 rings (SSSR count). The Hall–Kier alpha value is -2.30. The molecule has 0 saturated carbocycles. The fourth-order valence-corrected chi connectivity index (χ4v) is 4.87. The van der Waals surface area contributed by atoms with E-state index in [4.69, 9.17) is 9.15 Å². The van der Waals surface area contributed by atoms with Gasteiger partial charge >= 0.3 is 0 Å². The average Bonchev–Trinajstić information content (AvgIpc) is 2.90. The lowest BCUT2D eigenvalue weighted by atomic mass is 9.67. The van der Waals surface area contributed by atoms with Gasteiger partial charge in [0.1, 0.15) is 17.1 Å². The number of rotatable bonds is 2. The maximum atomic E-state index is 11.6. The predicted octanol–water partition coefficient (Wildman–Crippen LogP) is 5.56. The first-order valence-electron chi connectivity index (χ1n) is 9.31. The van der Waals surface area contributed by atoms with Crippen LogP contribution in [0.4, 0.5) is 0 Å². The van der Waals surface area contributed by atoms with Crippen molar-refractivity contribution in [3.8, 4) is 5.75 Å². The molecule has 0 aliphatic heterocycles. The largest absolute Gasteiger partial charge is 0.497 e. The minimum absolute atomic E-state index is 0.0878. The van der Waals surface area contributed by atoms with Crippen molar-refractivity contribution in [2.75, 3.05) is 7.11 Å². The molecular weight excluding hydrogens is 330 g/mol. The van der Waals surface area contributed by atoms with Crippen LogP contribution in [0.15, 0.2) is 28.2 Å². The molecule has 1 aromatic carbocycles. The highest BCUT2D eigenvalue weighted by Gasteiger charge is 2.47. The van der Waals surface area contributed by atoms with Crippen molar-refractivity contribution in [1.29, 1.82) is 0 Å². The van der Waals surface area contributed by atoms with E-state index >= 15 is 0 Å². The van der Waals surface area contributed by atoms with Crippen LogP contribution in [0.5, 0.6) is 5.75 Å². The minimum atomic E-state index is -0.522. The smallest absolute Gasteiger partial charge is 0.222 e. The monoisotopic (exact) mass is 355 g/mol. The Morgan fingerprint density at radius 3 is 2.73 bits per heavy atom. The molecule has 26 heavy (non-hydrogen) atoms. The fraction of sp³-hybridized carbons (Fsp3) is 0.524. The third-order valence-corrected chi connectivity index (χ3v) is 6.40. The third kappa shape index (κ3) is 2.37. The summed E-state index contributed by atoms with van der Waals surface area (Å²) in [5, 5.41) is 12.7. The molecule has 0 N–H and O–H groups in total. The van der Waals surface area contributed by atoms with E-state index in [2.05, 4.69) is 6.92 Å². The number of furan rings is 1. The van der Waals surface area contributed by atoms with Gasteiger partial charge in [0.05, 0.1) is 12.5 Å². The number of allylic oxidation sites excluding steroid dienone is 1. The number of fused-ring (bicyclic) bond motifs is 4. The maximum absolute atomic E-state index is 11.6. The van der Waals surface area contributed by atoms with Crippen LogP contribution in [-0.4, -0.2) is 18.1 Å². The SMILES string of the molecule is COc1ccc2oc3c(c2c1)C1=C(CC[C@H]3C)C(C)(C)C([N+](=O)[O-])CC1. The molecule has 138 valence electrons. The highest BCUT2D eigenvalue weighted by atomic mass is 16.6. The normalized spacial score (nSPS) is 24.8. The van der Waals surface area contributed by atoms with E-state index in [1.807, 2.05) is 32.0 Å². The van der Waals surface area contributed by atoms with Crippen LogP contribution in [0, 0.1) is 15.5 Å². The zero-order valence-corrected chi connectivity index (χ0v) is 15.8. The van der Waals surface area contributed by atoms with Gasteiger partial charge in [-0.2, -0.15) is 0 Å². The molecule has 1 aromatic heterocycles. The molecule has 0 amide bonds. The van der Waals surface area contributed by atoms with Crippen LogP contribution in [-0.2, 0) is 0 Å².